The molecule has 9 heteroatoms. The van der Waals surface area contributed by atoms with Gasteiger partial charge >= 0.3 is 0 Å². The number of hydrogen-bond acceptors (Lipinski definition) is 7. The Balaban J connectivity index is 1.33. The smallest absolute Gasteiger partial charge is 0.221 e. The number of piperazine rings is 1. The molecule has 2 fully saturated rings. The molecule has 3 heterocycles. The summed E-state index contributed by atoms with van der Waals surface area (Å²) in [6.45, 7) is 8.72. The van der Waals surface area contributed by atoms with Crippen LogP contribution in [-0.2, 0) is 9.59 Å². The fraction of sp³-hybridized carbons (Fsp3) is 0.524. The summed E-state index contributed by atoms with van der Waals surface area (Å²) in [5.41, 5.74) is 1.73. The monoisotopic (exact) mass is 428 g/mol. The largest absolute Gasteiger partial charge is 0.347 e. The summed E-state index contributed by atoms with van der Waals surface area (Å²) in [6, 6.07) is 8.28. The molecule has 0 bridgehead atoms. The number of benzene rings is 1. The molecule has 1 N–H and O–H groups in total. The first-order valence-corrected chi connectivity index (χ1v) is 11.3. The van der Waals surface area contributed by atoms with Crippen LogP contribution in [0.1, 0.15) is 26.7 Å². The Kier molecular flexibility index (Phi) is 6.29. The van der Waals surface area contributed by atoms with Gasteiger partial charge in [0.2, 0.25) is 16.9 Å². The molecule has 0 unspecified atom stereocenters. The maximum Gasteiger partial charge on any atom is 0.221 e. The second-order valence-electron chi connectivity index (χ2n) is 7.91. The first-order chi connectivity index (χ1) is 14.5. The van der Waals surface area contributed by atoms with Gasteiger partial charge in [-0.2, -0.15) is 0 Å². The summed E-state index contributed by atoms with van der Waals surface area (Å²) in [5.74, 6) is 0.0924. The van der Waals surface area contributed by atoms with Crippen molar-refractivity contribution in [2.45, 2.75) is 32.7 Å². The number of carbonyl (C=O) groups is 2. The van der Waals surface area contributed by atoms with Gasteiger partial charge < -0.3 is 15.1 Å². The molecule has 30 heavy (non-hydrogen) atoms. The van der Waals surface area contributed by atoms with Gasteiger partial charge in [-0.1, -0.05) is 23.5 Å². The summed E-state index contributed by atoms with van der Waals surface area (Å²) < 4.78 is 0. The van der Waals surface area contributed by atoms with E-state index < -0.39 is 0 Å². The van der Waals surface area contributed by atoms with Crippen molar-refractivity contribution in [3.05, 3.63) is 24.3 Å². The standard InChI is InChI=1S/C21H28N6O2S/c1-15(28)22-18-5-3-4-17(14-18)20-23-24-21(30-20)27-8-6-19(7-9-27)26-12-10-25(11-13-26)16(2)29/h3-5,14,19H,6-13H2,1-2H3,(H,22,28). The number of amides is 2. The van der Waals surface area contributed by atoms with Gasteiger partial charge in [-0.15, -0.1) is 10.2 Å². The van der Waals surface area contributed by atoms with Crippen molar-refractivity contribution in [2.24, 2.45) is 0 Å². The van der Waals surface area contributed by atoms with Crippen LogP contribution < -0.4 is 10.2 Å². The van der Waals surface area contributed by atoms with Gasteiger partial charge in [-0.05, 0) is 25.0 Å². The van der Waals surface area contributed by atoms with E-state index in [2.05, 4.69) is 25.3 Å². The molecule has 0 atom stereocenters. The topological polar surface area (TPSA) is 81.7 Å². The quantitative estimate of drug-likeness (QED) is 0.805. The minimum absolute atomic E-state index is 0.0873. The Morgan fingerprint density at radius 1 is 1.03 bits per heavy atom. The van der Waals surface area contributed by atoms with Crippen LogP contribution >= 0.6 is 11.3 Å². The fourth-order valence-corrected chi connectivity index (χ4v) is 5.11. The molecule has 2 amide bonds. The van der Waals surface area contributed by atoms with E-state index in [1.165, 1.54) is 6.92 Å². The number of nitrogens with zero attached hydrogens (tertiary/aromatic N) is 5. The van der Waals surface area contributed by atoms with Crippen LogP contribution in [-0.4, -0.2) is 77.1 Å². The van der Waals surface area contributed by atoms with E-state index in [1.54, 1.807) is 18.3 Å². The Morgan fingerprint density at radius 3 is 2.43 bits per heavy atom. The second-order valence-corrected chi connectivity index (χ2v) is 8.87. The van der Waals surface area contributed by atoms with Crippen LogP contribution in [0.3, 0.4) is 0 Å². The third-order valence-electron chi connectivity index (χ3n) is 5.86. The van der Waals surface area contributed by atoms with Crippen LogP contribution in [0.5, 0.6) is 0 Å². The Bertz CT molecular complexity index is 900. The van der Waals surface area contributed by atoms with E-state index in [0.29, 0.717) is 6.04 Å². The summed E-state index contributed by atoms with van der Waals surface area (Å²) in [5, 5.41) is 13.4. The number of aromatic nitrogens is 2. The van der Waals surface area contributed by atoms with E-state index in [-0.39, 0.29) is 11.8 Å². The highest BCUT2D eigenvalue weighted by atomic mass is 32.1. The highest BCUT2D eigenvalue weighted by Crippen LogP contribution is 2.32. The zero-order chi connectivity index (χ0) is 21.1. The zero-order valence-electron chi connectivity index (χ0n) is 17.5. The van der Waals surface area contributed by atoms with Crippen LogP contribution in [0.15, 0.2) is 24.3 Å². The normalized spacial score (nSPS) is 18.5. The van der Waals surface area contributed by atoms with E-state index in [4.69, 9.17) is 0 Å². The van der Waals surface area contributed by atoms with E-state index in [9.17, 15) is 9.59 Å². The SMILES string of the molecule is CC(=O)Nc1cccc(-c2nnc(N3CCC(N4CCN(C(C)=O)CC4)CC3)s2)c1. The minimum atomic E-state index is -0.0873. The van der Waals surface area contributed by atoms with Gasteiger partial charge in [0.1, 0.15) is 5.01 Å². The highest BCUT2D eigenvalue weighted by Gasteiger charge is 2.29. The number of piperidine rings is 1. The van der Waals surface area contributed by atoms with E-state index in [1.807, 2.05) is 29.2 Å². The molecule has 0 spiro atoms. The molecule has 0 aliphatic carbocycles. The van der Waals surface area contributed by atoms with Gasteiger partial charge in [0.15, 0.2) is 0 Å². The van der Waals surface area contributed by atoms with Crippen LogP contribution in [0, 0.1) is 0 Å². The molecule has 160 valence electrons. The van der Waals surface area contributed by atoms with Gasteiger partial charge in [0.25, 0.3) is 0 Å². The maximum atomic E-state index is 11.5. The lowest BCUT2D eigenvalue weighted by molar-refractivity contribution is -0.131. The van der Waals surface area contributed by atoms with Crippen molar-refractivity contribution in [2.75, 3.05) is 49.5 Å². The number of nitrogens with one attached hydrogen (secondary N) is 1. The summed E-state index contributed by atoms with van der Waals surface area (Å²) in [7, 11) is 0. The van der Waals surface area contributed by atoms with Crippen molar-refractivity contribution in [3.8, 4) is 10.6 Å². The fourth-order valence-electron chi connectivity index (χ4n) is 4.22. The average molecular weight is 429 g/mol. The van der Waals surface area contributed by atoms with Crippen LogP contribution in [0.25, 0.3) is 10.6 Å². The molecule has 0 radical (unpaired) electrons. The molecule has 8 nitrogen and oxygen atoms in total. The van der Waals surface area contributed by atoms with Crippen molar-refractivity contribution in [1.82, 2.24) is 20.0 Å². The number of hydrogen-bond donors (Lipinski definition) is 1. The van der Waals surface area contributed by atoms with Crippen molar-refractivity contribution < 1.29 is 9.59 Å². The second kappa shape index (κ2) is 9.09. The molecule has 2 saturated heterocycles. The Morgan fingerprint density at radius 2 is 1.77 bits per heavy atom. The van der Waals surface area contributed by atoms with Gasteiger partial charge in [-0.25, -0.2) is 0 Å². The third-order valence-corrected chi connectivity index (χ3v) is 6.89. The first kappa shape index (κ1) is 20.7. The van der Waals surface area contributed by atoms with Crippen LogP contribution in [0.2, 0.25) is 0 Å². The van der Waals surface area contributed by atoms with Crippen LogP contribution in [0.4, 0.5) is 10.8 Å². The number of anilines is 2. The maximum absolute atomic E-state index is 11.5. The molecule has 2 aromatic rings. The molecule has 0 saturated carbocycles. The van der Waals surface area contributed by atoms with E-state index >= 15 is 0 Å². The predicted octanol–water partition coefficient (Wildman–Crippen LogP) is 2.30. The molecule has 1 aromatic carbocycles. The molecule has 1 aromatic heterocycles. The van der Waals surface area contributed by atoms with E-state index in [0.717, 1.165) is 73.5 Å². The summed E-state index contributed by atoms with van der Waals surface area (Å²) >= 11 is 1.59. The lowest BCUT2D eigenvalue weighted by atomic mass is 10.0. The number of rotatable bonds is 4. The number of carbonyl (C=O) groups excluding carboxylic acids is 2. The van der Waals surface area contributed by atoms with Gasteiger partial charge in [0, 0.05) is 70.4 Å². The minimum Gasteiger partial charge on any atom is -0.347 e. The Labute approximate surface area is 180 Å². The van der Waals surface area contributed by atoms with Crippen molar-refractivity contribution in [3.63, 3.8) is 0 Å². The van der Waals surface area contributed by atoms with Gasteiger partial charge in [0.05, 0.1) is 0 Å². The third kappa shape index (κ3) is 4.79. The van der Waals surface area contributed by atoms with Crippen molar-refractivity contribution >= 4 is 34.0 Å². The Hall–Kier alpha value is -2.52. The molecular formula is C21H28N6O2S. The summed E-state index contributed by atoms with van der Waals surface area (Å²) in [6.07, 6.45) is 2.21. The lowest BCUT2D eigenvalue weighted by Crippen LogP contribution is -2.54. The van der Waals surface area contributed by atoms with Gasteiger partial charge in [-0.3, -0.25) is 14.5 Å². The molecular weight excluding hydrogens is 400 g/mol. The average Bonchev–Trinajstić information content (AvgIpc) is 3.24. The highest BCUT2D eigenvalue weighted by molar-refractivity contribution is 7.18. The zero-order valence-corrected chi connectivity index (χ0v) is 18.3. The lowest BCUT2D eigenvalue weighted by Gasteiger charge is -2.42. The first-order valence-electron chi connectivity index (χ1n) is 10.5. The predicted molar refractivity (Wildman–Crippen MR) is 119 cm³/mol. The van der Waals surface area contributed by atoms with Crippen molar-refractivity contribution in [1.29, 1.82) is 0 Å². The molecule has 2 aliphatic heterocycles. The molecule has 4 rings (SSSR count). The summed E-state index contributed by atoms with van der Waals surface area (Å²) in [4.78, 5) is 29.6. The molecule has 2 aliphatic rings.